The van der Waals surface area contributed by atoms with Crippen LogP contribution in [0.15, 0.2) is 0 Å². The molecule has 0 radical (unpaired) electrons. The number of urea groups is 1. The van der Waals surface area contributed by atoms with Crippen LogP contribution in [0.3, 0.4) is 0 Å². The summed E-state index contributed by atoms with van der Waals surface area (Å²) < 4.78 is 24.7. The van der Waals surface area contributed by atoms with Gasteiger partial charge >= 0.3 is 6.03 Å². The number of carbonyl (C=O) groups excluding carboxylic acids is 2. The predicted molar refractivity (Wildman–Crippen MR) is 71.6 cm³/mol. The van der Waals surface area contributed by atoms with Gasteiger partial charge in [-0.25, -0.2) is 4.79 Å². The van der Waals surface area contributed by atoms with Gasteiger partial charge in [0.25, 0.3) is 5.91 Å². The molecule has 4 aliphatic rings. The van der Waals surface area contributed by atoms with Crippen molar-refractivity contribution < 1.29 is 22.9 Å². The van der Waals surface area contributed by atoms with Gasteiger partial charge in [-0.15, -0.1) is 3.89 Å². The third-order valence-electron chi connectivity index (χ3n) is 5.43. The normalized spacial score (nSPS) is 32.0. The number of imide groups is 1. The van der Waals surface area contributed by atoms with Crippen molar-refractivity contribution in [3.63, 3.8) is 0 Å². The van der Waals surface area contributed by atoms with Crippen molar-refractivity contribution in [2.75, 3.05) is 13.2 Å². The number of halogens is 1. The molecule has 2 aliphatic carbocycles. The molecule has 4 fully saturated rings. The summed E-state index contributed by atoms with van der Waals surface area (Å²) in [6.07, 6.45) is 4.68. The standard InChI is InChI=1S/C13H17FN2O4S/c14-21-16-9(17)12(15-10(16)18)7-11(8-12)1-3-13(4-2-11)19-5-6-20-13/h1-8H2,(H,15,18). The molecule has 3 amide bonds. The molecule has 0 aromatic heterocycles. The average Bonchev–Trinajstić information content (AvgIpc) is 2.97. The number of amides is 3. The highest BCUT2D eigenvalue weighted by atomic mass is 32.2. The third kappa shape index (κ3) is 1.85. The van der Waals surface area contributed by atoms with Crippen molar-refractivity contribution >= 4 is 24.3 Å². The van der Waals surface area contributed by atoms with E-state index in [1.54, 1.807) is 0 Å². The smallest absolute Gasteiger partial charge is 0.337 e. The number of hydrogen-bond donors (Lipinski definition) is 1. The van der Waals surface area contributed by atoms with Crippen LogP contribution in [0, 0.1) is 5.41 Å². The van der Waals surface area contributed by atoms with Crippen molar-refractivity contribution in [1.82, 2.24) is 9.62 Å². The number of ether oxygens (including phenoxy) is 2. The molecule has 1 N–H and O–H groups in total. The molecule has 0 unspecified atom stereocenters. The van der Waals surface area contributed by atoms with Crippen LogP contribution in [-0.4, -0.2) is 40.8 Å². The molecule has 2 heterocycles. The van der Waals surface area contributed by atoms with E-state index in [1.807, 2.05) is 0 Å². The number of hydrogen-bond acceptors (Lipinski definition) is 5. The number of nitrogens with one attached hydrogen (secondary N) is 1. The van der Waals surface area contributed by atoms with E-state index in [9.17, 15) is 13.5 Å². The fraction of sp³-hybridized carbons (Fsp3) is 0.846. The molecule has 2 aliphatic heterocycles. The molecular weight excluding hydrogens is 299 g/mol. The minimum Gasteiger partial charge on any atom is -0.348 e. The molecule has 0 aromatic rings. The Bertz CT molecular complexity index is 490. The molecule has 4 rings (SSSR count). The highest BCUT2D eigenvalue weighted by Crippen LogP contribution is 2.60. The van der Waals surface area contributed by atoms with Gasteiger partial charge in [-0.1, -0.05) is 0 Å². The van der Waals surface area contributed by atoms with Gasteiger partial charge in [0, 0.05) is 12.8 Å². The zero-order valence-electron chi connectivity index (χ0n) is 11.5. The Kier molecular flexibility index (Phi) is 2.84. The summed E-state index contributed by atoms with van der Waals surface area (Å²) in [7, 11) is 0. The van der Waals surface area contributed by atoms with E-state index >= 15 is 0 Å². The molecule has 21 heavy (non-hydrogen) atoms. The number of nitrogens with zero attached hydrogens (tertiary/aromatic N) is 1. The molecule has 2 saturated carbocycles. The second-order valence-corrected chi connectivity index (χ2v) is 7.15. The van der Waals surface area contributed by atoms with Gasteiger partial charge in [-0.05, 0) is 31.1 Å². The Morgan fingerprint density at radius 3 is 2.24 bits per heavy atom. The van der Waals surface area contributed by atoms with Gasteiger partial charge in [-0.3, -0.25) is 4.79 Å². The van der Waals surface area contributed by atoms with Crippen LogP contribution in [0.2, 0.25) is 0 Å². The van der Waals surface area contributed by atoms with Gasteiger partial charge in [0.05, 0.1) is 13.2 Å². The maximum atomic E-state index is 12.7. The third-order valence-corrected chi connectivity index (χ3v) is 5.90. The van der Waals surface area contributed by atoms with Gasteiger partial charge < -0.3 is 14.8 Å². The van der Waals surface area contributed by atoms with Crippen LogP contribution in [0.5, 0.6) is 0 Å². The summed E-state index contributed by atoms with van der Waals surface area (Å²) in [5.41, 5.74) is -0.821. The summed E-state index contributed by atoms with van der Waals surface area (Å²) in [6.45, 7) is 1.29. The fourth-order valence-corrected chi connectivity index (χ4v) is 4.77. The molecule has 6 nitrogen and oxygen atoms in total. The van der Waals surface area contributed by atoms with Crippen molar-refractivity contribution in [2.24, 2.45) is 5.41 Å². The van der Waals surface area contributed by atoms with Crippen molar-refractivity contribution in [1.29, 1.82) is 0 Å². The van der Waals surface area contributed by atoms with Gasteiger partial charge in [-0.2, -0.15) is 4.31 Å². The van der Waals surface area contributed by atoms with E-state index in [1.165, 1.54) is 0 Å². The Labute approximate surface area is 126 Å². The lowest BCUT2D eigenvalue weighted by Crippen LogP contribution is -2.63. The quantitative estimate of drug-likeness (QED) is 0.591. The first-order chi connectivity index (χ1) is 10.0. The Hall–Kier alpha value is -0.860. The maximum Gasteiger partial charge on any atom is 0.337 e. The first-order valence-corrected chi connectivity index (χ1v) is 7.93. The molecule has 0 atom stereocenters. The molecule has 8 heteroatoms. The van der Waals surface area contributed by atoms with E-state index in [4.69, 9.17) is 9.47 Å². The topological polar surface area (TPSA) is 67.9 Å². The lowest BCUT2D eigenvalue weighted by Gasteiger charge is -2.56. The van der Waals surface area contributed by atoms with Crippen LogP contribution in [0.1, 0.15) is 38.5 Å². The van der Waals surface area contributed by atoms with E-state index < -0.39 is 23.3 Å². The number of carbonyl (C=O) groups is 2. The summed E-state index contributed by atoms with van der Waals surface area (Å²) >= 11 is -0.318. The number of rotatable bonds is 1. The molecule has 3 spiro atoms. The summed E-state index contributed by atoms with van der Waals surface area (Å²) in [5, 5.41) is 2.66. The van der Waals surface area contributed by atoms with Gasteiger partial charge in [0.2, 0.25) is 0 Å². The van der Waals surface area contributed by atoms with E-state index in [0.29, 0.717) is 30.4 Å². The first-order valence-electron chi connectivity index (χ1n) is 7.26. The fourth-order valence-electron chi connectivity index (χ4n) is 4.43. The molecular formula is C13H17FN2O4S. The minimum absolute atomic E-state index is 0.0560. The SMILES string of the molecule is O=C1NC2(CC3(CCC4(CC3)OCCO4)C2)C(=O)N1SF. The summed E-state index contributed by atoms with van der Waals surface area (Å²) in [4.78, 5) is 23.8. The van der Waals surface area contributed by atoms with Crippen LogP contribution in [-0.2, 0) is 14.3 Å². The van der Waals surface area contributed by atoms with Crippen molar-refractivity contribution in [2.45, 2.75) is 49.9 Å². The van der Waals surface area contributed by atoms with Gasteiger partial charge in [0.1, 0.15) is 5.54 Å². The molecule has 116 valence electrons. The second kappa shape index (κ2) is 4.33. The average molecular weight is 316 g/mol. The molecule has 0 bridgehead atoms. The van der Waals surface area contributed by atoms with E-state index in [0.717, 1.165) is 25.7 Å². The van der Waals surface area contributed by atoms with E-state index in [2.05, 4.69) is 5.32 Å². The predicted octanol–water partition coefficient (Wildman–Crippen LogP) is 1.91. The summed E-state index contributed by atoms with van der Waals surface area (Å²) in [5.74, 6) is -0.864. The highest BCUT2D eigenvalue weighted by Gasteiger charge is 2.66. The maximum absolute atomic E-state index is 12.7. The van der Waals surface area contributed by atoms with Crippen molar-refractivity contribution in [3.8, 4) is 0 Å². The monoisotopic (exact) mass is 316 g/mol. The van der Waals surface area contributed by atoms with Crippen LogP contribution in [0.4, 0.5) is 8.68 Å². The Balaban J connectivity index is 1.43. The van der Waals surface area contributed by atoms with Crippen LogP contribution >= 0.6 is 12.3 Å². The Morgan fingerprint density at radius 2 is 1.71 bits per heavy atom. The first kappa shape index (κ1) is 13.8. The lowest BCUT2D eigenvalue weighted by atomic mass is 9.51. The van der Waals surface area contributed by atoms with Crippen molar-refractivity contribution in [3.05, 3.63) is 0 Å². The summed E-state index contributed by atoms with van der Waals surface area (Å²) in [6, 6.07) is -0.642. The van der Waals surface area contributed by atoms with Gasteiger partial charge in [0.15, 0.2) is 18.1 Å². The minimum atomic E-state index is -0.877. The molecule has 2 saturated heterocycles. The van der Waals surface area contributed by atoms with E-state index in [-0.39, 0.29) is 17.7 Å². The zero-order chi connectivity index (χ0) is 14.7. The largest absolute Gasteiger partial charge is 0.348 e. The van der Waals surface area contributed by atoms with Crippen LogP contribution < -0.4 is 5.32 Å². The zero-order valence-corrected chi connectivity index (χ0v) is 12.3. The lowest BCUT2D eigenvalue weighted by molar-refractivity contribution is -0.205. The highest BCUT2D eigenvalue weighted by molar-refractivity contribution is 7.93. The van der Waals surface area contributed by atoms with Crippen LogP contribution in [0.25, 0.3) is 0 Å². The molecule has 0 aromatic carbocycles. The second-order valence-electron chi connectivity index (χ2n) is 6.64. The Morgan fingerprint density at radius 1 is 1.10 bits per heavy atom.